The average Bonchev–Trinajstić information content (AvgIpc) is 2.49. The molecule has 0 saturated carbocycles. The maximum atomic E-state index is 5.54. The van der Waals surface area contributed by atoms with Gasteiger partial charge in [-0.15, -0.1) is 8.73 Å². The molecule has 0 aliphatic carbocycles. The molecule has 20 heavy (non-hydrogen) atoms. The Labute approximate surface area is 121 Å². The predicted molar refractivity (Wildman–Crippen MR) is 77.3 cm³/mol. The van der Waals surface area contributed by atoms with E-state index in [9.17, 15) is 0 Å². The topological polar surface area (TPSA) is 49.3 Å². The molecule has 0 aliphatic heterocycles. The van der Waals surface area contributed by atoms with Crippen LogP contribution in [-0.2, 0) is 9.22 Å². The predicted octanol–water partition coefficient (Wildman–Crippen LogP) is 3.64. The number of nitrogens with zero attached hydrogens (tertiary/aromatic N) is 1. The van der Waals surface area contributed by atoms with Gasteiger partial charge in [-0.2, -0.15) is 0 Å². The summed E-state index contributed by atoms with van der Waals surface area (Å²) < 4.78 is 19.6. The number of benzene rings is 2. The van der Waals surface area contributed by atoms with Crippen LogP contribution in [0.3, 0.4) is 0 Å². The first-order valence-corrected chi connectivity index (χ1v) is 6.48. The molecule has 2 rings (SSSR count). The molecule has 0 unspecified atom stereocenters. The molecule has 104 valence electrons. The molecule has 0 N–H and O–H groups in total. The molecule has 0 heterocycles. The molecule has 0 aromatic heterocycles. The first-order chi connectivity index (χ1) is 9.88. The van der Waals surface area contributed by atoms with E-state index in [2.05, 4.69) is 13.6 Å². The molecule has 0 atom stereocenters. The van der Waals surface area contributed by atoms with Crippen molar-refractivity contribution in [3.8, 4) is 11.5 Å². The largest absolute Gasteiger partial charge is 0.411 e. The van der Waals surface area contributed by atoms with E-state index < -0.39 is 0 Å². The molecule has 0 bridgehead atoms. The smallest absolute Gasteiger partial charge is 0.408 e. The average molecular weight is 291 g/mol. The van der Waals surface area contributed by atoms with Gasteiger partial charge in [-0.25, -0.2) is 4.89 Å². The number of para-hydroxylation sites is 2. The summed E-state index contributed by atoms with van der Waals surface area (Å²) in [6.07, 6.45) is 0.0458. The fourth-order valence-corrected chi connectivity index (χ4v) is 1.54. The highest BCUT2D eigenvalue weighted by molar-refractivity contribution is 7.93. The van der Waals surface area contributed by atoms with Gasteiger partial charge in [-0.05, 0) is 24.3 Å². The molecule has 5 nitrogen and oxygen atoms in total. The Balaban J connectivity index is 2.06. The Kier molecular flexibility index (Phi) is 5.91. The van der Waals surface area contributed by atoms with Crippen LogP contribution in [0, 0.1) is 0 Å². The zero-order valence-electron chi connectivity index (χ0n) is 10.8. The number of hydrogen-bond acceptors (Lipinski definition) is 6. The van der Waals surface area contributed by atoms with E-state index in [4.69, 9.17) is 9.47 Å². The van der Waals surface area contributed by atoms with Crippen LogP contribution in [0.25, 0.3) is 0 Å². The molecule has 2 aromatic carbocycles. The van der Waals surface area contributed by atoms with Crippen molar-refractivity contribution in [2.24, 2.45) is 4.40 Å². The normalized spacial score (nSPS) is 9.85. The van der Waals surface area contributed by atoms with Crippen LogP contribution in [0.1, 0.15) is 0 Å². The number of ether oxygens (including phenoxy) is 2. The van der Waals surface area contributed by atoms with Crippen LogP contribution < -0.4 is 9.47 Å². The summed E-state index contributed by atoms with van der Waals surface area (Å²) in [5, 5.41) is 0. The summed E-state index contributed by atoms with van der Waals surface area (Å²) in [6, 6.07) is 18.4. The lowest BCUT2D eigenvalue weighted by Crippen LogP contribution is -2.16. The van der Waals surface area contributed by atoms with E-state index in [0.717, 1.165) is 0 Å². The Morgan fingerprint density at radius 2 is 1.35 bits per heavy atom. The standard InChI is InChI=1S/C14H13NO4S/c1-16-19-20-15-14(17-12-8-4-2-5-9-12)18-13-10-6-3-7-11-13/h2-11H,1H3. The van der Waals surface area contributed by atoms with Crippen LogP contribution in [0.4, 0.5) is 0 Å². The van der Waals surface area contributed by atoms with Crippen LogP contribution >= 0.6 is 12.2 Å². The fraction of sp³-hybridized carbons (Fsp3) is 0.0714. The minimum atomic E-state index is 0.0458. The van der Waals surface area contributed by atoms with Crippen molar-refractivity contribution in [3.63, 3.8) is 0 Å². The first kappa shape index (κ1) is 14.4. The van der Waals surface area contributed by atoms with Crippen molar-refractivity contribution >= 4 is 18.3 Å². The summed E-state index contributed by atoms with van der Waals surface area (Å²) in [4.78, 5) is 4.44. The van der Waals surface area contributed by atoms with Gasteiger partial charge in [0, 0.05) is 0 Å². The summed E-state index contributed by atoms with van der Waals surface area (Å²) in [5.41, 5.74) is 0. The van der Waals surface area contributed by atoms with E-state index in [1.165, 1.54) is 7.11 Å². The lowest BCUT2D eigenvalue weighted by molar-refractivity contribution is -0.160. The van der Waals surface area contributed by atoms with E-state index in [0.29, 0.717) is 23.7 Å². The third-order valence-electron chi connectivity index (χ3n) is 2.11. The van der Waals surface area contributed by atoms with Gasteiger partial charge in [-0.3, -0.25) is 0 Å². The summed E-state index contributed by atoms with van der Waals surface area (Å²) >= 11 is 0.716. The highest BCUT2D eigenvalue weighted by Crippen LogP contribution is 2.15. The van der Waals surface area contributed by atoms with E-state index >= 15 is 0 Å². The third kappa shape index (κ3) is 4.93. The van der Waals surface area contributed by atoms with Gasteiger partial charge < -0.3 is 9.47 Å². The fourth-order valence-electron chi connectivity index (χ4n) is 1.31. The maximum Gasteiger partial charge on any atom is 0.408 e. The molecule has 6 heteroatoms. The minimum Gasteiger partial charge on any atom is -0.411 e. The summed E-state index contributed by atoms with van der Waals surface area (Å²) in [5.74, 6) is 1.22. The van der Waals surface area contributed by atoms with Crippen molar-refractivity contribution in [2.75, 3.05) is 7.11 Å². The monoisotopic (exact) mass is 291 g/mol. The zero-order valence-corrected chi connectivity index (χ0v) is 11.6. The van der Waals surface area contributed by atoms with Crippen LogP contribution in [0.2, 0.25) is 0 Å². The van der Waals surface area contributed by atoms with Gasteiger partial charge in [0.15, 0.2) is 12.2 Å². The Hall–Kier alpha value is -2.02. The molecular weight excluding hydrogens is 278 g/mol. The van der Waals surface area contributed by atoms with Crippen LogP contribution in [-0.4, -0.2) is 13.2 Å². The molecule has 0 aliphatic rings. The SMILES string of the molecule is COOSN=C(Oc1ccccc1)Oc1ccccc1. The summed E-state index contributed by atoms with van der Waals surface area (Å²) in [7, 11) is 1.39. The molecule has 0 saturated heterocycles. The van der Waals surface area contributed by atoms with Crippen molar-refractivity contribution in [1.82, 2.24) is 0 Å². The highest BCUT2D eigenvalue weighted by atomic mass is 32.2. The third-order valence-corrected chi connectivity index (χ3v) is 2.53. The van der Waals surface area contributed by atoms with Crippen LogP contribution in [0.5, 0.6) is 11.5 Å². The van der Waals surface area contributed by atoms with Gasteiger partial charge in [0.05, 0.1) is 7.11 Å². The Morgan fingerprint density at radius 3 is 1.80 bits per heavy atom. The molecule has 0 fully saturated rings. The maximum absolute atomic E-state index is 5.54. The van der Waals surface area contributed by atoms with E-state index in [1.54, 1.807) is 24.3 Å². The van der Waals surface area contributed by atoms with Crippen molar-refractivity contribution < 1.29 is 18.7 Å². The number of rotatable bonds is 5. The molecule has 0 spiro atoms. The highest BCUT2D eigenvalue weighted by Gasteiger charge is 2.07. The quantitative estimate of drug-likeness (QED) is 0.160. The van der Waals surface area contributed by atoms with Crippen LogP contribution in [0.15, 0.2) is 65.1 Å². The van der Waals surface area contributed by atoms with Crippen molar-refractivity contribution in [2.45, 2.75) is 0 Å². The Morgan fingerprint density at radius 1 is 0.850 bits per heavy atom. The molecular formula is C14H13NO4S. The van der Waals surface area contributed by atoms with Gasteiger partial charge in [0.2, 0.25) is 0 Å². The Bertz CT molecular complexity index is 490. The summed E-state index contributed by atoms with van der Waals surface area (Å²) in [6.45, 7) is 0. The second-order valence-corrected chi connectivity index (χ2v) is 3.96. The molecule has 0 radical (unpaired) electrons. The van der Waals surface area contributed by atoms with Gasteiger partial charge in [-0.1, -0.05) is 36.4 Å². The van der Waals surface area contributed by atoms with Gasteiger partial charge in [0.25, 0.3) is 0 Å². The molecule has 2 aromatic rings. The zero-order chi connectivity index (χ0) is 14.0. The second kappa shape index (κ2) is 8.21. The first-order valence-electron chi connectivity index (χ1n) is 5.79. The van der Waals surface area contributed by atoms with E-state index in [1.807, 2.05) is 36.4 Å². The lowest BCUT2D eigenvalue weighted by Gasteiger charge is -2.09. The van der Waals surface area contributed by atoms with Crippen molar-refractivity contribution in [1.29, 1.82) is 0 Å². The number of hydrogen-bond donors (Lipinski definition) is 0. The minimum absolute atomic E-state index is 0.0458. The van der Waals surface area contributed by atoms with E-state index in [-0.39, 0.29) is 6.08 Å². The van der Waals surface area contributed by atoms with Gasteiger partial charge >= 0.3 is 6.08 Å². The van der Waals surface area contributed by atoms with Gasteiger partial charge in [0.1, 0.15) is 11.5 Å². The molecule has 0 amide bonds. The van der Waals surface area contributed by atoms with Crippen molar-refractivity contribution in [3.05, 3.63) is 60.7 Å². The lowest BCUT2D eigenvalue weighted by atomic mass is 10.3. The second-order valence-electron chi connectivity index (χ2n) is 3.50.